The number of amides is 1. The zero-order valence-electron chi connectivity index (χ0n) is 18.8. The number of aromatic nitrogens is 1. The van der Waals surface area contributed by atoms with Crippen LogP contribution < -0.4 is 5.43 Å². The number of hydrogen-bond donors (Lipinski definition) is 1. The Balaban J connectivity index is 1.36. The number of hydrazone groups is 1. The molecule has 1 N–H and O–H groups in total. The molecule has 0 spiro atoms. The van der Waals surface area contributed by atoms with Gasteiger partial charge in [0, 0.05) is 48.3 Å². The van der Waals surface area contributed by atoms with E-state index in [0.29, 0.717) is 5.56 Å². The van der Waals surface area contributed by atoms with Gasteiger partial charge >= 0.3 is 0 Å². The topological polar surface area (TPSA) is 46.4 Å². The lowest BCUT2D eigenvalue weighted by molar-refractivity contribution is 0.0955. The van der Waals surface area contributed by atoms with E-state index in [-0.39, 0.29) is 5.91 Å². The van der Waals surface area contributed by atoms with Gasteiger partial charge < -0.3 is 4.57 Å². The van der Waals surface area contributed by atoms with Crippen molar-refractivity contribution in [3.63, 3.8) is 0 Å². The summed E-state index contributed by atoms with van der Waals surface area (Å²) >= 11 is 11.2. The molecule has 4 nitrogen and oxygen atoms in total. The zero-order chi connectivity index (χ0) is 24.1. The Morgan fingerprint density at radius 1 is 1.06 bits per heavy atom. The zero-order valence-corrected chi connectivity index (χ0v) is 21.9. The average molecular weight is 553 g/mol. The fourth-order valence-corrected chi connectivity index (χ4v) is 4.97. The van der Waals surface area contributed by atoms with Crippen molar-refractivity contribution in [2.75, 3.05) is 0 Å². The number of carbonyl (C=O) groups is 1. The third-order valence-electron chi connectivity index (χ3n) is 5.34. The molecule has 7 heteroatoms. The first-order chi connectivity index (χ1) is 16.4. The molecule has 0 aliphatic carbocycles. The van der Waals surface area contributed by atoms with Crippen LogP contribution in [0.25, 0.3) is 5.69 Å². The first-order valence-electron chi connectivity index (χ1n) is 10.7. The predicted molar refractivity (Wildman–Crippen MR) is 145 cm³/mol. The van der Waals surface area contributed by atoms with Gasteiger partial charge in [0.2, 0.25) is 0 Å². The second kappa shape index (κ2) is 11.1. The van der Waals surface area contributed by atoms with E-state index in [1.165, 1.54) is 0 Å². The van der Waals surface area contributed by atoms with E-state index in [9.17, 15) is 4.79 Å². The molecule has 172 valence electrons. The molecule has 0 bridgehead atoms. The molecule has 0 aliphatic rings. The molecular weight excluding hydrogens is 530 g/mol. The lowest BCUT2D eigenvalue weighted by Gasteiger charge is -2.09. The summed E-state index contributed by atoms with van der Waals surface area (Å²) < 4.78 is 3.18. The maximum Gasteiger partial charge on any atom is 0.271 e. The van der Waals surface area contributed by atoms with Crippen molar-refractivity contribution >= 4 is 51.4 Å². The molecule has 4 rings (SSSR count). The number of benzene rings is 3. The van der Waals surface area contributed by atoms with Crippen LogP contribution in [0.4, 0.5) is 0 Å². The third kappa shape index (κ3) is 6.00. The van der Waals surface area contributed by atoms with Gasteiger partial charge in [0.15, 0.2) is 0 Å². The number of thioether (sulfide) groups is 1. The largest absolute Gasteiger partial charge is 0.318 e. The standard InChI is InChI=1S/C27H23BrClN3OS/c1-18-14-22(19(2)32(18)25-5-3-4-23(28)15-25)16-30-31-27(33)21-8-6-20(7-9-21)17-34-26-12-10-24(29)11-13-26/h3-16H,17H2,1-2H3,(H,31,33)/b30-16+. The van der Waals surface area contributed by atoms with E-state index in [4.69, 9.17) is 11.6 Å². The van der Waals surface area contributed by atoms with Gasteiger partial charge in [0.25, 0.3) is 5.91 Å². The smallest absolute Gasteiger partial charge is 0.271 e. The Bertz CT molecular complexity index is 1330. The van der Waals surface area contributed by atoms with Crippen LogP contribution >= 0.6 is 39.3 Å². The first kappa shape index (κ1) is 24.3. The van der Waals surface area contributed by atoms with Crippen molar-refractivity contribution in [1.29, 1.82) is 0 Å². The Kier molecular flexibility index (Phi) is 7.93. The molecule has 1 aromatic heterocycles. The minimum absolute atomic E-state index is 0.242. The van der Waals surface area contributed by atoms with Crippen molar-refractivity contribution in [1.82, 2.24) is 9.99 Å². The molecule has 0 saturated carbocycles. The second-order valence-corrected chi connectivity index (χ2v) is 10.2. The lowest BCUT2D eigenvalue weighted by atomic mass is 10.1. The SMILES string of the molecule is Cc1cc(/C=N/NC(=O)c2ccc(CSc3ccc(Cl)cc3)cc2)c(C)n1-c1cccc(Br)c1. The van der Waals surface area contributed by atoms with Gasteiger partial charge in [-0.25, -0.2) is 5.43 Å². The van der Waals surface area contributed by atoms with E-state index in [1.54, 1.807) is 18.0 Å². The van der Waals surface area contributed by atoms with Gasteiger partial charge in [-0.2, -0.15) is 5.10 Å². The number of halogens is 2. The molecule has 0 atom stereocenters. The fraction of sp³-hybridized carbons (Fsp3) is 0.111. The van der Waals surface area contributed by atoms with Crippen LogP contribution in [0.3, 0.4) is 0 Å². The van der Waals surface area contributed by atoms with E-state index >= 15 is 0 Å². The number of carbonyl (C=O) groups excluding carboxylic acids is 1. The minimum atomic E-state index is -0.242. The van der Waals surface area contributed by atoms with Crippen LogP contribution in [0, 0.1) is 13.8 Å². The molecule has 3 aromatic carbocycles. The summed E-state index contributed by atoms with van der Waals surface area (Å²) in [7, 11) is 0. The highest BCUT2D eigenvalue weighted by Crippen LogP contribution is 2.25. The van der Waals surface area contributed by atoms with Gasteiger partial charge in [-0.1, -0.05) is 45.7 Å². The van der Waals surface area contributed by atoms with Crippen LogP contribution in [-0.4, -0.2) is 16.7 Å². The number of rotatable bonds is 7. The summed E-state index contributed by atoms with van der Waals surface area (Å²) in [6.45, 7) is 4.09. The number of hydrogen-bond acceptors (Lipinski definition) is 3. The van der Waals surface area contributed by atoms with Gasteiger partial charge in [-0.3, -0.25) is 4.79 Å². The summed E-state index contributed by atoms with van der Waals surface area (Å²) in [5.41, 5.74) is 8.50. The molecule has 4 aromatic rings. The highest BCUT2D eigenvalue weighted by atomic mass is 79.9. The highest BCUT2D eigenvalue weighted by Gasteiger charge is 2.10. The molecule has 0 aliphatic heterocycles. The van der Waals surface area contributed by atoms with E-state index in [1.807, 2.05) is 67.6 Å². The Labute approximate surface area is 217 Å². The van der Waals surface area contributed by atoms with Gasteiger partial charge in [0.1, 0.15) is 0 Å². The monoisotopic (exact) mass is 551 g/mol. The van der Waals surface area contributed by atoms with Crippen molar-refractivity contribution < 1.29 is 4.79 Å². The first-order valence-corrected chi connectivity index (χ1v) is 12.8. The van der Waals surface area contributed by atoms with Crippen LogP contribution in [0.15, 0.2) is 93.3 Å². The van der Waals surface area contributed by atoms with E-state index < -0.39 is 0 Å². The summed E-state index contributed by atoms with van der Waals surface area (Å²) in [5, 5.41) is 4.92. The quantitative estimate of drug-likeness (QED) is 0.146. The predicted octanol–water partition coefficient (Wildman–Crippen LogP) is 7.57. The number of nitrogens with one attached hydrogen (secondary N) is 1. The molecule has 0 saturated heterocycles. The van der Waals surface area contributed by atoms with Crippen LogP contribution in [0.2, 0.25) is 5.02 Å². The molecule has 1 amide bonds. The molecular formula is C27H23BrClN3OS. The van der Waals surface area contributed by atoms with E-state index in [2.05, 4.69) is 56.1 Å². The van der Waals surface area contributed by atoms with Gasteiger partial charge in [0.05, 0.1) is 6.21 Å². The molecule has 34 heavy (non-hydrogen) atoms. The maximum atomic E-state index is 12.5. The van der Waals surface area contributed by atoms with Crippen molar-refractivity contribution in [2.45, 2.75) is 24.5 Å². The molecule has 0 radical (unpaired) electrons. The summed E-state index contributed by atoms with van der Waals surface area (Å²) in [4.78, 5) is 13.7. The molecule has 0 fully saturated rings. The van der Waals surface area contributed by atoms with Crippen molar-refractivity contribution in [2.24, 2.45) is 5.10 Å². The third-order valence-corrected chi connectivity index (χ3v) is 7.17. The molecule has 0 unspecified atom stereocenters. The lowest BCUT2D eigenvalue weighted by Crippen LogP contribution is -2.17. The Hall–Kier alpha value is -2.80. The van der Waals surface area contributed by atoms with Crippen LogP contribution in [0.5, 0.6) is 0 Å². The second-order valence-electron chi connectivity index (χ2n) is 7.78. The van der Waals surface area contributed by atoms with Crippen LogP contribution in [-0.2, 0) is 5.75 Å². The van der Waals surface area contributed by atoms with Crippen molar-refractivity contribution in [3.05, 3.63) is 116 Å². The van der Waals surface area contributed by atoms with Gasteiger partial charge in [-0.15, -0.1) is 11.8 Å². The number of nitrogens with zero attached hydrogens (tertiary/aromatic N) is 2. The fourth-order valence-electron chi connectivity index (χ4n) is 3.61. The van der Waals surface area contributed by atoms with E-state index in [0.717, 1.165) is 48.3 Å². The maximum absolute atomic E-state index is 12.5. The highest BCUT2D eigenvalue weighted by molar-refractivity contribution is 9.10. The van der Waals surface area contributed by atoms with Gasteiger partial charge in [-0.05, 0) is 80.1 Å². The summed E-state index contributed by atoms with van der Waals surface area (Å²) in [6.07, 6.45) is 1.69. The summed E-state index contributed by atoms with van der Waals surface area (Å²) in [5.74, 6) is 0.573. The minimum Gasteiger partial charge on any atom is -0.318 e. The average Bonchev–Trinajstić information content (AvgIpc) is 3.11. The van der Waals surface area contributed by atoms with Crippen LogP contribution in [0.1, 0.15) is 32.9 Å². The Morgan fingerprint density at radius 3 is 2.50 bits per heavy atom. The van der Waals surface area contributed by atoms with Crippen molar-refractivity contribution in [3.8, 4) is 5.69 Å². The normalized spacial score (nSPS) is 11.2. The Morgan fingerprint density at radius 2 is 1.79 bits per heavy atom. The summed E-state index contributed by atoms with van der Waals surface area (Å²) in [6, 6.07) is 25.5. The molecule has 1 heterocycles. The number of aryl methyl sites for hydroxylation is 1.